The van der Waals surface area contributed by atoms with Crippen LogP contribution in [0.5, 0.6) is 0 Å². The van der Waals surface area contributed by atoms with E-state index in [0.29, 0.717) is 11.9 Å². The van der Waals surface area contributed by atoms with Crippen LogP contribution in [0.25, 0.3) is 42.4 Å². The molecule has 0 saturated carbocycles. The van der Waals surface area contributed by atoms with Crippen LogP contribution in [0.1, 0.15) is 63.7 Å². The van der Waals surface area contributed by atoms with Crippen molar-refractivity contribution in [2.24, 2.45) is 5.11 Å². The molecule has 16 nitrogen and oxygen atoms in total. The molecule has 85 heavy (non-hydrogen) atoms. The van der Waals surface area contributed by atoms with Crippen LogP contribution in [0.15, 0.2) is 157 Å². The van der Waals surface area contributed by atoms with Gasteiger partial charge in [-0.25, -0.2) is 8.42 Å². The van der Waals surface area contributed by atoms with E-state index in [1.54, 1.807) is 0 Å². The summed E-state index contributed by atoms with van der Waals surface area (Å²) in [4.78, 5) is 5.69. The van der Waals surface area contributed by atoms with Gasteiger partial charge >= 0.3 is 59.1 Å². The third kappa shape index (κ3) is 144. The monoisotopic (exact) mass is 1770 g/mol. The Morgan fingerprint density at radius 1 is 0.529 bits per heavy atom. The van der Waals surface area contributed by atoms with Crippen LogP contribution in [0.4, 0.5) is 8.78 Å². The van der Waals surface area contributed by atoms with Gasteiger partial charge in [0.1, 0.15) is 0 Å². The van der Waals surface area contributed by atoms with E-state index < -0.39 is 33.5 Å². The number of hydrogen-bond acceptors (Lipinski definition) is 8. The van der Waals surface area contributed by atoms with Crippen LogP contribution in [0.2, 0.25) is 0 Å². The number of benzene rings is 5. The molecule has 0 aromatic heterocycles. The molecule has 0 aliphatic heterocycles. The molecule has 30 heteroatoms. The minimum absolute atomic E-state index is 0. The Balaban J connectivity index is -0.0000000352. The molecule has 5 radical (unpaired) electrons. The number of aliphatic hydroxyl groups excluding tert-OH is 2. The maximum Gasteiger partial charge on any atom is 1.00 e. The molecule has 0 unspecified atom stereocenters. The molecule has 0 heterocycles. The predicted octanol–water partition coefficient (Wildman–Crippen LogP) is 11.5. The van der Waals surface area contributed by atoms with E-state index in [1.165, 1.54) is 50.5 Å². The first-order valence-electron chi connectivity index (χ1n) is 22.7. The Morgan fingerprint density at radius 2 is 0.765 bits per heavy atom. The van der Waals surface area contributed by atoms with Gasteiger partial charge in [0.2, 0.25) is 9.05 Å². The van der Waals surface area contributed by atoms with E-state index in [2.05, 4.69) is 130 Å². The van der Waals surface area contributed by atoms with Gasteiger partial charge in [0.25, 0.3) is 10.1 Å². The predicted molar refractivity (Wildman–Crippen MR) is 341 cm³/mol. The fourth-order valence-electron chi connectivity index (χ4n) is 4.55. The normalized spacial score (nSPS) is 7.84. The van der Waals surface area contributed by atoms with E-state index >= 15 is 0 Å². The average Bonchev–Trinajstić information content (AvgIpc) is 3.38. The van der Waals surface area contributed by atoms with Crippen molar-refractivity contribution in [2.45, 2.75) is 65.7 Å². The van der Waals surface area contributed by atoms with E-state index in [9.17, 15) is 25.6 Å². The van der Waals surface area contributed by atoms with Crippen LogP contribution < -0.4 is 59.1 Å². The maximum absolute atomic E-state index is 10.6. The van der Waals surface area contributed by atoms with Crippen molar-refractivity contribution in [1.29, 1.82) is 0 Å². The summed E-state index contributed by atoms with van der Waals surface area (Å²) in [6.07, 6.45) is 9.73. The number of aryl methyl sites for hydroxylation is 5. The van der Waals surface area contributed by atoms with Crippen molar-refractivity contribution >= 4 is 61.7 Å². The Bertz CT molecular complexity index is 2240. The van der Waals surface area contributed by atoms with Gasteiger partial charge < -0.3 is 69.5 Å². The number of halogens is 5. The first-order valence-corrected chi connectivity index (χ1v) is 28.1. The Kier molecular flexibility index (Phi) is 181. The summed E-state index contributed by atoms with van der Waals surface area (Å²) in [5.41, 5.74) is 41.6. The summed E-state index contributed by atoms with van der Waals surface area (Å²) in [7, 11) is -3.97. The van der Waals surface area contributed by atoms with E-state index in [-0.39, 0.29) is 287 Å². The van der Waals surface area contributed by atoms with Crippen molar-refractivity contribution in [3.63, 3.8) is 0 Å². The molecule has 5 rings (SSSR count). The van der Waals surface area contributed by atoms with Gasteiger partial charge in [-0.2, -0.15) is 8.42 Å². The molecule has 0 atom stereocenters. The molecule has 5 aromatic rings. The van der Waals surface area contributed by atoms with E-state index in [0.717, 1.165) is 56.4 Å². The molecule has 0 aliphatic rings. The number of hydrogen-bond donors (Lipinski definition) is 2. The molecule has 0 bridgehead atoms. The van der Waals surface area contributed by atoms with Crippen molar-refractivity contribution < 1.29 is 265 Å². The van der Waals surface area contributed by atoms with Crippen LogP contribution in [0.3, 0.4) is 0 Å². The molecule has 0 aliphatic carbocycles. The van der Waals surface area contributed by atoms with E-state index in [4.69, 9.17) is 40.6 Å². The van der Waals surface area contributed by atoms with Gasteiger partial charge in [-0.05, 0) is 86.1 Å². The van der Waals surface area contributed by atoms with Gasteiger partial charge in [-0.1, -0.05) is 202 Å². The van der Waals surface area contributed by atoms with Crippen molar-refractivity contribution in [2.75, 3.05) is 63.8 Å². The van der Waals surface area contributed by atoms with Crippen molar-refractivity contribution in [1.82, 2.24) is 0 Å². The molecule has 0 saturated heterocycles. The Morgan fingerprint density at radius 3 is 0.965 bits per heavy atom. The van der Waals surface area contributed by atoms with Gasteiger partial charge in [0, 0.05) is 203 Å². The van der Waals surface area contributed by atoms with Gasteiger partial charge in [0.15, 0.2) is 0 Å². The smallest absolute Gasteiger partial charge is 0.396 e. The molecule has 5 aromatic carbocycles. The summed E-state index contributed by atoms with van der Waals surface area (Å²) in [6.45, 7) is 3.45. The second kappa shape index (κ2) is 117. The zero-order valence-electron chi connectivity index (χ0n) is 52.8. The summed E-state index contributed by atoms with van der Waals surface area (Å²) >= 11 is 6.41. The van der Waals surface area contributed by atoms with Gasteiger partial charge in [0.05, 0.1) is 42.8 Å². The second-order valence-electron chi connectivity index (χ2n) is 13.2. The second-order valence-corrected chi connectivity index (χ2v) is 19.5. The quantitative estimate of drug-likeness (QED) is 0.0111. The Labute approximate surface area is 708 Å². The topological polar surface area (TPSA) is 284 Å². The van der Waals surface area contributed by atoms with Crippen LogP contribution in [-0.4, -0.2) is 90.9 Å². The SMILES string of the molecule is BrCCCc1ccccc1.C.CS(=O)(=O)Cl.CS(=O)(=O)OCCCc1ccccc1.Cc1ccccc1.OCCBr.OCCCc1ccccc1.[2H]CF.[2H]CF.[CH3-].[CH3-].[CH3-].[CH3-].[CH3-].[N-]=[N+]=NCCCc1ccccc1.[N-]=[N+]=[N-].[N-]=[N+]=[N-].[Na+].[Na+].[Y].[Y].[Y].[Y].[Y]. The molecule has 465 valence electrons. The molecule has 0 spiro atoms. The van der Waals surface area contributed by atoms with Gasteiger partial charge in [-0.15, -0.1) is 0 Å². The summed E-state index contributed by atoms with van der Waals surface area (Å²) in [5.74, 6) is 0. The third-order valence-corrected chi connectivity index (χ3v) is 8.82. The minimum Gasteiger partial charge on any atom is -0.396 e. The average molecular weight is 1780 g/mol. The van der Waals surface area contributed by atoms with Crippen molar-refractivity contribution in [3.8, 4) is 0 Å². The summed E-state index contributed by atoms with van der Waals surface area (Å²) in [6, 6.07) is 51.1. The molecule has 0 amide bonds. The largest absolute Gasteiger partial charge is 1.00 e. The number of aliphatic hydroxyl groups is 2. The summed E-state index contributed by atoms with van der Waals surface area (Å²) in [5, 5.41) is 21.6. The van der Waals surface area contributed by atoms with Gasteiger partial charge in [-0.3, -0.25) is 22.8 Å². The van der Waals surface area contributed by atoms with Crippen LogP contribution in [0, 0.1) is 44.1 Å². The first kappa shape index (κ1) is 132. The molecular weight excluding hydrogens is 1690 g/mol. The van der Waals surface area contributed by atoms with Crippen LogP contribution in [-0.2, 0) is 213 Å². The molecule has 0 fully saturated rings. The number of nitrogens with zero attached hydrogens (tertiary/aromatic N) is 9. The molecule has 2 N–H and O–H groups in total. The summed E-state index contributed by atoms with van der Waals surface area (Å²) < 4.78 is 75.7. The Hall–Kier alpha value is 2.44. The van der Waals surface area contributed by atoms with Crippen LogP contribution >= 0.6 is 42.5 Å². The zero-order valence-corrected chi connectivity index (χ0v) is 74.6. The maximum atomic E-state index is 10.6. The third-order valence-electron chi connectivity index (χ3n) is 7.31. The number of azide groups is 1. The standard InChI is InChI=1S/C10H14O3S.C9H11Br.C9H11N3.C9H12O.C7H8.C2H5BrO.CH3ClO2S.2CH3F.CH4.5CH3.2N3.2Na.5Y/c1-14(11,12)13-9-5-8-10-6-3-2-4-7-10;10-8-4-7-9-5-2-1-3-6-9;10-12-11-8-4-7-9-5-2-1-3-6-9;10-8-4-7-9-5-2-1-3-6-9;1-7-5-3-2-4-6-7;3-1-2-4;1-5(2,3)4;2*1-2;;;;;;;2*1-3-2;;;;;;;/h2-4,6-7H,5,8-9H2,1H3;1-3,5-6H,4,7-8H2;1-3,5-6H,4,7-8H2;1-3,5-6,10H,4,7-8H2;2-6H,1H3;4H,1-2H2;1H3;2*1H3;1H4;5*1H3;;;;;;;;;/q;;;;;;;;;;7*-1;2*+1;;;;;/i;;;;;;;2*1D;;;;;;;;;;;;;;;. The fraction of sp³-hybridized carbons (Fsp3) is 0.364. The van der Waals surface area contributed by atoms with E-state index in [1.807, 2.05) is 84.9 Å². The number of rotatable bonds is 16. The van der Waals surface area contributed by atoms with Crippen molar-refractivity contribution in [3.05, 3.63) is 259 Å². The minimum atomic E-state index is -3.28. The fourth-order valence-corrected chi connectivity index (χ4v) is 5.25. The zero-order chi connectivity index (χ0) is 57.4. The number of alkyl halides is 4. The molecular formula is C55H89Br2ClF2N9Na2O7S2Y5-5. The first-order chi connectivity index (χ1) is 35.3.